The van der Waals surface area contributed by atoms with Crippen LogP contribution in [0.15, 0.2) is 16.7 Å². The van der Waals surface area contributed by atoms with Crippen molar-refractivity contribution in [2.75, 3.05) is 18.9 Å². The van der Waals surface area contributed by atoms with E-state index < -0.39 is 0 Å². The number of fused-ring (bicyclic) bond motifs is 1. The Labute approximate surface area is 121 Å². The number of likely N-dealkylation sites (tertiary alicyclic amines) is 1. The molecule has 0 radical (unpaired) electrons. The number of nitrogens with zero attached hydrogens (tertiary/aromatic N) is 2. The first-order valence-electron chi connectivity index (χ1n) is 6.63. The van der Waals surface area contributed by atoms with Gasteiger partial charge in [-0.25, -0.2) is 4.98 Å². The highest BCUT2D eigenvalue weighted by atomic mass is 79.9. The van der Waals surface area contributed by atoms with Crippen molar-refractivity contribution in [3.05, 3.63) is 22.3 Å². The first-order valence-corrected chi connectivity index (χ1v) is 7.42. The van der Waals surface area contributed by atoms with E-state index in [1.54, 1.807) is 0 Å². The van der Waals surface area contributed by atoms with E-state index in [2.05, 4.69) is 38.1 Å². The van der Waals surface area contributed by atoms with Crippen LogP contribution in [-0.2, 0) is 4.79 Å². The van der Waals surface area contributed by atoms with Crippen molar-refractivity contribution >= 4 is 27.7 Å². The predicted octanol–water partition coefficient (Wildman–Crippen LogP) is 2.29. The summed E-state index contributed by atoms with van der Waals surface area (Å²) in [6, 6.07) is 3.83. The lowest BCUT2D eigenvalue weighted by Gasteiger charge is -2.23. The van der Waals surface area contributed by atoms with E-state index >= 15 is 0 Å². The van der Waals surface area contributed by atoms with Gasteiger partial charge in [0, 0.05) is 6.54 Å². The third-order valence-corrected chi connectivity index (χ3v) is 4.99. The second kappa shape index (κ2) is 4.56. The van der Waals surface area contributed by atoms with Crippen LogP contribution in [0, 0.1) is 24.7 Å². The van der Waals surface area contributed by atoms with Crippen molar-refractivity contribution in [2.24, 2.45) is 17.8 Å². The number of carbonyl (C=O) groups excluding carboxylic acids is 1. The Morgan fingerprint density at radius 3 is 2.95 bits per heavy atom. The topological polar surface area (TPSA) is 45.2 Å². The fourth-order valence-corrected chi connectivity index (χ4v) is 3.64. The lowest BCUT2D eigenvalue weighted by Crippen LogP contribution is -2.41. The number of likely N-dealkylation sites (N-methyl/N-ethyl adjacent to an activating group) is 1. The normalized spacial score (nSPS) is 33.1. The molecule has 1 aromatic rings. The molecule has 1 saturated carbocycles. The van der Waals surface area contributed by atoms with Crippen molar-refractivity contribution in [3.63, 3.8) is 0 Å². The monoisotopic (exact) mass is 323 g/mol. The summed E-state index contributed by atoms with van der Waals surface area (Å²) in [4.78, 5) is 19.0. The molecule has 1 saturated heterocycles. The van der Waals surface area contributed by atoms with Crippen LogP contribution in [0.4, 0.5) is 5.82 Å². The highest BCUT2D eigenvalue weighted by Gasteiger charge is 2.60. The molecule has 0 spiro atoms. The van der Waals surface area contributed by atoms with Crippen molar-refractivity contribution < 1.29 is 4.79 Å². The van der Waals surface area contributed by atoms with E-state index in [1.165, 1.54) is 0 Å². The zero-order valence-electron chi connectivity index (χ0n) is 11.4. The van der Waals surface area contributed by atoms with Gasteiger partial charge >= 0.3 is 0 Å². The van der Waals surface area contributed by atoms with E-state index in [-0.39, 0.29) is 11.9 Å². The number of halogens is 1. The quantitative estimate of drug-likeness (QED) is 0.849. The average molecular weight is 324 g/mol. The van der Waals surface area contributed by atoms with Crippen LogP contribution in [0.25, 0.3) is 0 Å². The number of hydrogen-bond donors (Lipinski definition) is 1. The minimum Gasteiger partial charge on any atom is -0.309 e. The number of aryl methyl sites for hydroxylation is 1. The molecule has 2 heterocycles. The summed E-state index contributed by atoms with van der Waals surface area (Å²) in [5, 5.41) is 2.98. The molecule has 3 rings (SSSR count). The molecule has 2 fully saturated rings. The second-order valence-electron chi connectivity index (χ2n) is 5.77. The maximum absolute atomic E-state index is 12.5. The van der Waals surface area contributed by atoms with Gasteiger partial charge in [-0.05, 0) is 59.3 Å². The van der Waals surface area contributed by atoms with E-state index in [9.17, 15) is 4.79 Å². The molecule has 4 unspecified atom stereocenters. The zero-order valence-corrected chi connectivity index (χ0v) is 12.9. The Balaban J connectivity index is 1.76. The lowest BCUT2D eigenvalue weighted by molar-refractivity contribution is -0.120. The van der Waals surface area contributed by atoms with E-state index in [0.717, 1.165) is 16.7 Å². The standard InChI is InChI=1S/C14H18BrN3O/c1-7-4-5-10(15)16-13(7)17-14(19)12-11-8(2)9(11)6-18(12)3/h4-5,8-9,11-12H,6H2,1-3H3,(H,16,17,19). The van der Waals surface area contributed by atoms with Gasteiger partial charge in [-0.1, -0.05) is 13.0 Å². The van der Waals surface area contributed by atoms with E-state index in [4.69, 9.17) is 0 Å². The Hall–Kier alpha value is -0.940. The van der Waals surface area contributed by atoms with Crippen LogP contribution in [-0.4, -0.2) is 35.4 Å². The first-order chi connectivity index (χ1) is 8.99. The number of nitrogens with one attached hydrogen (secondary N) is 1. The summed E-state index contributed by atoms with van der Waals surface area (Å²) in [6.07, 6.45) is 0. The van der Waals surface area contributed by atoms with Gasteiger partial charge in [0.05, 0.1) is 6.04 Å². The molecule has 1 amide bonds. The second-order valence-corrected chi connectivity index (χ2v) is 6.59. The summed E-state index contributed by atoms with van der Waals surface area (Å²) in [5.74, 6) is 2.65. The SMILES string of the molecule is Cc1ccc(Br)nc1NC(=O)C1C2C(C)C2CN1C. The van der Waals surface area contributed by atoms with Gasteiger partial charge in [-0.3, -0.25) is 9.69 Å². The summed E-state index contributed by atoms with van der Waals surface area (Å²) in [6.45, 7) is 5.23. The molecule has 0 aromatic carbocycles. The Bertz CT molecular complexity index is 533. The highest BCUT2D eigenvalue weighted by Crippen LogP contribution is 2.54. The predicted molar refractivity (Wildman–Crippen MR) is 77.9 cm³/mol. The molecule has 2 aliphatic rings. The van der Waals surface area contributed by atoms with Gasteiger partial charge in [0.25, 0.3) is 0 Å². The van der Waals surface area contributed by atoms with Crippen molar-refractivity contribution in [1.29, 1.82) is 0 Å². The van der Waals surface area contributed by atoms with Crippen LogP contribution >= 0.6 is 15.9 Å². The summed E-state index contributed by atoms with van der Waals surface area (Å²) in [5.41, 5.74) is 0.984. The number of piperidine rings is 1. The van der Waals surface area contributed by atoms with Crippen molar-refractivity contribution in [2.45, 2.75) is 19.9 Å². The van der Waals surface area contributed by atoms with Crippen molar-refractivity contribution in [3.8, 4) is 0 Å². The van der Waals surface area contributed by atoms with Crippen LogP contribution < -0.4 is 5.32 Å². The maximum Gasteiger partial charge on any atom is 0.243 e. The number of hydrogen-bond acceptors (Lipinski definition) is 3. The number of amides is 1. The highest BCUT2D eigenvalue weighted by molar-refractivity contribution is 9.10. The fourth-order valence-electron chi connectivity index (χ4n) is 3.33. The Morgan fingerprint density at radius 1 is 1.53 bits per heavy atom. The summed E-state index contributed by atoms with van der Waals surface area (Å²) < 4.78 is 0.742. The molecule has 1 aromatic heterocycles. The molecular weight excluding hydrogens is 306 g/mol. The summed E-state index contributed by atoms with van der Waals surface area (Å²) in [7, 11) is 2.03. The maximum atomic E-state index is 12.5. The van der Waals surface area contributed by atoms with Gasteiger partial charge < -0.3 is 5.32 Å². The molecule has 5 heteroatoms. The van der Waals surface area contributed by atoms with Crippen molar-refractivity contribution in [1.82, 2.24) is 9.88 Å². The van der Waals surface area contributed by atoms with Crippen LogP contribution in [0.2, 0.25) is 0 Å². The Morgan fingerprint density at radius 2 is 2.26 bits per heavy atom. The first kappa shape index (κ1) is 13.1. The van der Waals surface area contributed by atoms with E-state index in [1.807, 2.05) is 26.1 Å². The minimum absolute atomic E-state index is 0.000168. The molecule has 1 N–H and O–H groups in total. The Kier molecular flexibility index (Phi) is 3.14. The molecular formula is C14H18BrN3O. The van der Waals surface area contributed by atoms with Gasteiger partial charge in [-0.2, -0.15) is 0 Å². The van der Waals surface area contributed by atoms with Gasteiger partial charge in [0.2, 0.25) is 5.91 Å². The van der Waals surface area contributed by atoms with Crippen LogP contribution in [0.5, 0.6) is 0 Å². The molecule has 0 bridgehead atoms. The van der Waals surface area contributed by atoms with E-state index in [0.29, 0.717) is 23.6 Å². The number of anilines is 1. The van der Waals surface area contributed by atoms with Gasteiger partial charge in [-0.15, -0.1) is 0 Å². The molecule has 102 valence electrons. The van der Waals surface area contributed by atoms with Crippen LogP contribution in [0.3, 0.4) is 0 Å². The minimum atomic E-state index is 0.000168. The summed E-state index contributed by atoms with van der Waals surface area (Å²) >= 11 is 3.34. The largest absolute Gasteiger partial charge is 0.309 e. The third-order valence-electron chi connectivity index (χ3n) is 4.55. The smallest absolute Gasteiger partial charge is 0.243 e. The van der Waals surface area contributed by atoms with Gasteiger partial charge in [0.15, 0.2) is 0 Å². The molecule has 19 heavy (non-hydrogen) atoms. The number of carbonyl (C=O) groups is 1. The lowest BCUT2D eigenvalue weighted by atomic mass is 10.1. The third kappa shape index (κ3) is 2.19. The number of pyridine rings is 1. The van der Waals surface area contributed by atoms with Crippen LogP contribution in [0.1, 0.15) is 12.5 Å². The molecule has 4 atom stereocenters. The molecule has 4 nitrogen and oxygen atoms in total. The molecule has 1 aliphatic carbocycles. The number of rotatable bonds is 2. The average Bonchev–Trinajstić information content (AvgIpc) is 2.83. The molecule has 1 aliphatic heterocycles. The van der Waals surface area contributed by atoms with Gasteiger partial charge in [0.1, 0.15) is 10.4 Å². The zero-order chi connectivity index (χ0) is 13.7. The fraction of sp³-hybridized carbons (Fsp3) is 0.571. The number of aromatic nitrogens is 1.